The molecule has 2 saturated heterocycles. The summed E-state index contributed by atoms with van der Waals surface area (Å²) in [5.74, 6) is 0.644. The van der Waals surface area contributed by atoms with E-state index < -0.39 is 0 Å². The molecule has 2 aromatic rings. The van der Waals surface area contributed by atoms with E-state index in [2.05, 4.69) is 0 Å². The van der Waals surface area contributed by atoms with E-state index in [1.807, 2.05) is 35.2 Å². The predicted molar refractivity (Wildman–Crippen MR) is 112 cm³/mol. The second-order valence-corrected chi connectivity index (χ2v) is 8.29. The van der Waals surface area contributed by atoms with Gasteiger partial charge in [-0.3, -0.25) is 9.59 Å². The monoisotopic (exact) mass is 420 g/mol. The fraction of sp³-hybridized carbons (Fsp3) is 0.375. The van der Waals surface area contributed by atoms with Crippen molar-refractivity contribution in [2.75, 3.05) is 26.2 Å². The Morgan fingerprint density at radius 1 is 1.00 bits per heavy atom. The van der Waals surface area contributed by atoms with Crippen LogP contribution in [0.1, 0.15) is 40.4 Å². The minimum absolute atomic E-state index is 0.0178. The summed E-state index contributed by atoms with van der Waals surface area (Å²) in [7, 11) is 0. The molecule has 0 saturated carbocycles. The SMILES string of the molecule is O=C1COc2ccc(C(=O)N3CCC(N4C[C@@H](c5ccccc5)OC4=O)CC3)cc2C1. The van der Waals surface area contributed by atoms with Gasteiger partial charge in [-0.1, -0.05) is 30.3 Å². The number of ketones is 1. The molecule has 1 atom stereocenters. The van der Waals surface area contributed by atoms with Gasteiger partial charge in [0.15, 0.2) is 5.78 Å². The highest BCUT2D eigenvalue weighted by atomic mass is 16.6. The van der Waals surface area contributed by atoms with E-state index in [9.17, 15) is 14.4 Å². The molecule has 0 spiro atoms. The fourth-order valence-electron chi connectivity index (χ4n) is 4.60. The smallest absolute Gasteiger partial charge is 0.410 e. The van der Waals surface area contributed by atoms with Gasteiger partial charge in [0.25, 0.3) is 5.91 Å². The van der Waals surface area contributed by atoms with Crippen molar-refractivity contribution in [1.29, 1.82) is 0 Å². The first-order chi connectivity index (χ1) is 15.1. The summed E-state index contributed by atoms with van der Waals surface area (Å²) in [4.78, 5) is 40.7. The molecular weight excluding hydrogens is 396 g/mol. The number of likely N-dealkylation sites (tertiary alicyclic amines) is 1. The lowest BCUT2D eigenvalue weighted by molar-refractivity contribution is -0.121. The summed E-state index contributed by atoms with van der Waals surface area (Å²) < 4.78 is 11.0. The maximum Gasteiger partial charge on any atom is 0.410 e. The van der Waals surface area contributed by atoms with Gasteiger partial charge in [-0.15, -0.1) is 0 Å². The number of nitrogens with zero attached hydrogens (tertiary/aromatic N) is 2. The van der Waals surface area contributed by atoms with Gasteiger partial charge in [-0.2, -0.15) is 0 Å². The molecule has 0 unspecified atom stereocenters. The van der Waals surface area contributed by atoms with Crippen LogP contribution in [0.5, 0.6) is 5.75 Å². The van der Waals surface area contributed by atoms with Crippen LogP contribution in [0.15, 0.2) is 48.5 Å². The zero-order valence-electron chi connectivity index (χ0n) is 17.2. The van der Waals surface area contributed by atoms with Gasteiger partial charge in [0.1, 0.15) is 18.5 Å². The standard InChI is InChI=1S/C24H24N2O5/c27-20-13-18-12-17(6-7-21(18)30-15-20)23(28)25-10-8-19(9-11-25)26-14-22(31-24(26)29)16-4-2-1-3-5-16/h1-7,12,19,22H,8-11,13-15H2/t22-/m0/s1. The molecule has 0 radical (unpaired) electrons. The Bertz CT molecular complexity index is 1010. The highest BCUT2D eigenvalue weighted by Gasteiger charge is 2.38. The number of cyclic esters (lactones) is 1. The van der Waals surface area contributed by atoms with Crippen LogP contribution >= 0.6 is 0 Å². The molecule has 7 nitrogen and oxygen atoms in total. The second-order valence-electron chi connectivity index (χ2n) is 8.29. The molecule has 7 heteroatoms. The Balaban J connectivity index is 1.21. The van der Waals surface area contributed by atoms with Crippen LogP contribution in [0.4, 0.5) is 4.79 Å². The van der Waals surface area contributed by atoms with Gasteiger partial charge in [0.05, 0.1) is 6.54 Å². The number of ether oxygens (including phenoxy) is 2. The first-order valence-electron chi connectivity index (χ1n) is 10.7. The summed E-state index contributed by atoms with van der Waals surface area (Å²) in [5, 5.41) is 0. The summed E-state index contributed by atoms with van der Waals surface area (Å²) in [5.41, 5.74) is 2.34. The molecule has 31 heavy (non-hydrogen) atoms. The Hall–Kier alpha value is -3.35. The van der Waals surface area contributed by atoms with Crippen LogP contribution < -0.4 is 4.74 Å². The quantitative estimate of drug-likeness (QED) is 0.763. The van der Waals surface area contributed by atoms with Crippen molar-refractivity contribution in [3.8, 4) is 5.75 Å². The van der Waals surface area contributed by atoms with E-state index >= 15 is 0 Å². The number of amides is 2. The van der Waals surface area contributed by atoms with E-state index in [1.165, 1.54) is 0 Å². The van der Waals surface area contributed by atoms with Crippen LogP contribution in [-0.4, -0.2) is 59.9 Å². The number of piperidine rings is 1. The van der Waals surface area contributed by atoms with Crippen LogP contribution in [0.2, 0.25) is 0 Å². The molecule has 0 bridgehead atoms. The van der Waals surface area contributed by atoms with Gasteiger partial charge in [-0.25, -0.2) is 4.79 Å². The molecule has 160 valence electrons. The van der Waals surface area contributed by atoms with Crippen molar-refractivity contribution in [3.05, 3.63) is 65.2 Å². The highest BCUT2D eigenvalue weighted by Crippen LogP contribution is 2.31. The number of rotatable bonds is 3. The molecule has 2 fully saturated rings. The summed E-state index contributed by atoms with van der Waals surface area (Å²) in [6.45, 7) is 1.80. The van der Waals surface area contributed by atoms with Crippen LogP contribution in [0.25, 0.3) is 0 Å². The maximum absolute atomic E-state index is 13.0. The maximum atomic E-state index is 13.0. The molecule has 3 heterocycles. The lowest BCUT2D eigenvalue weighted by atomic mass is 9.99. The number of fused-ring (bicyclic) bond motifs is 1. The van der Waals surface area contributed by atoms with Gasteiger partial charge in [0, 0.05) is 36.7 Å². The number of hydrogen-bond acceptors (Lipinski definition) is 5. The molecule has 0 aromatic heterocycles. The normalized spacial score (nSPS) is 21.5. The average molecular weight is 420 g/mol. The van der Waals surface area contributed by atoms with E-state index in [0.29, 0.717) is 37.4 Å². The van der Waals surface area contributed by atoms with Gasteiger partial charge in [0.2, 0.25) is 0 Å². The number of hydrogen-bond donors (Lipinski definition) is 0. The Kier molecular flexibility index (Phi) is 5.10. The van der Waals surface area contributed by atoms with E-state index in [1.54, 1.807) is 23.1 Å². The molecule has 3 aliphatic rings. The van der Waals surface area contributed by atoms with Crippen molar-refractivity contribution in [2.45, 2.75) is 31.4 Å². The molecule has 0 aliphatic carbocycles. The fourth-order valence-corrected chi connectivity index (χ4v) is 4.60. The Morgan fingerprint density at radius 2 is 1.77 bits per heavy atom. The lowest BCUT2D eigenvalue weighted by Crippen LogP contribution is -2.47. The Labute approximate surface area is 180 Å². The van der Waals surface area contributed by atoms with Crippen molar-refractivity contribution in [1.82, 2.24) is 9.80 Å². The van der Waals surface area contributed by atoms with Crippen molar-refractivity contribution in [2.24, 2.45) is 0 Å². The molecule has 3 aliphatic heterocycles. The second kappa shape index (κ2) is 8.06. The largest absolute Gasteiger partial charge is 0.486 e. The molecule has 0 N–H and O–H groups in total. The third-order valence-electron chi connectivity index (χ3n) is 6.29. The van der Waals surface area contributed by atoms with Gasteiger partial charge < -0.3 is 19.3 Å². The summed E-state index contributed by atoms with van der Waals surface area (Å²) in [6, 6.07) is 15.1. The van der Waals surface area contributed by atoms with Crippen molar-refractivity contribution >= 4 is 17.8 Å². The molecule has 5 rings (SSSR count). The number of carbonyl (C=O) groups is 3. The van der Waals surface area contributed by atoms with Crippen molar-refractivity contribution in [3.63, 3.8) is 0 Å². The number of benzene rings is 2. The molecule has 2 amide bonds. The third kappa shape index (κ3) is 3.87. The minimum Gasteiger partial charge on any atom is -0.486 e. The van der Waals surface area contributed by atoms with Crippen molar-refractivity contribution < 1.29 is 23.9 Å². The lowest BCUT2D eigenvalue weighted by Gasteiger charge is -2.35. The van der Waals surface area contributed by atoms with Gasteiger partial charge in [-0.05, 0) is 36.6 Å². The zero-order valence-corrected chi connectivity index (χ0v) is 17.2. The molecular formula is C24H24N2O5. The predicted octanol–water partition coefficient (Wildman–Crippen LogP) is 2.99. The summed E-state index contributed by atoms with van der Waals surface area (Å²) in [6.07, 6.45) is 1.22. The van der Waals surface area contributed by atoms with Crippen LogP contribution in [0, 0.1) is 0 Å². The minimum atomic E-state index is -0.280. The van der Waals surface area contributed by atoms with Crippen LogP contribution in [0.3, 0.4) is 0 Å². The van der Waals surface area contributed by atoms with Gasteiger partial charge >= 0.3 is 6.09 Å². The Morgan fingerprint density at radius 3 is 2.55 bits per heavy atom. The van der Waals surface area contributed by atoms with E-state index in [0.717, 1.165) is 24.0 Å². The third-order valence-corrected chi connectivity index (χ3v) is 6.29. The first-order valence-corrected chi connectivity index (χ1v) is 10.7. The number of Topliss-reactive ketones (excluding diaryl/α,β-unsaturated/α-hetero) is 1. The molecule has 2 aromatic carbocycles. The topological polar surface area (TPSA) is 76.2 Å². The van der Waals surface area contributed by atoms with E-state index in [4.69, 9.17) is 9.47 Å². The average Bonchev–Trinajstić information content (AvgIpc) is 3.20. The van der Waals surface area contributed by atoms with Crippen LogP contribution in [-0.2, 0) is 16.0 Å². The van der Waals surface area contributed by atoms with E-state index in [-0.39, 0.29) is 36.5 Å². The first kappa shape index (κ1) is 19.6. The zero-order chi connectivity index (χ0) is 21.4. The highest BCUT2D eigenvalue weighted by molar-refractivity contribution is 5.95. The number of carbonyl (C=O) groups excluding carboxylic acids is 3. The summed E-state index contributed by atoms with van der Waals surface area (Å²) >= 11 is 0.